The van der Waals surface area contributed by atoms with Gasteiger partial charge in [-0.3, -0.25) is 9.59 Å². The summed E-state index contributed by atoms with van der Waals surface area (Å²) in [6, 6.07) is 15.8. The fourth-order valence-corrected chi connectivity index (χ4v) is 5.40. The van der Waals surface area contributed by atoms with E-state index in [1.54, 1.807) is 15.9 Å². The monoisotopic (exact) mass is 555 g/mol. The minimum absolute atomic E-state index is 0.0500. The number of carbonyl (C=O) groups excluding carboxylic acids is 3. The molecule has 0 saturated carbocycles. The van der Waals surface area contributed by atoms with Gasteiger partial charge in [-0.1, -0.05) is 42.0 Å². The van der Waals surface area contributed by atoms with Gasteiger partial charge in [-0.15, -0.1) is 0 Å². The Labute approximate surface area is 241 Å². The first kappa shape index (κ1) is 28.3. The Hall–Kier alpha value is -4.27. The normalized spacial score (nSPS) is 16.3. The molecule has 9 heteroatoms. The zero-order chi connectivity index (χ0) is 28.9. The number of likely N-dealkylation sites (tertiary alicyclic amines) is 1. The first-order valence-electron chi connectivity index (χ1n) is 14.3. The highest BCUT2D eigenvalue weighted by molar-refractivity contribution is 5.97. The van der Waals surface area contributed by atoms with Crippen molar-refractivity contribution in [2.24, 2.45) is 0 Å². The minimum atomic E-state index is -0.298. The summed E-state index contributed by atoms with van der Waals surface area (Å²) >= 11 is 0. The second kappa shape index (κ2) is 12.5. The van der Waals surface area contributed by atoms with Crippen molar-refractivity contribution in [1.82, 2.24) is 24.7 Å². The second-order valence-electron chi connectivity index (χ2n) is 11.1. The zero-order valence-electron chi connectivity index (χ0n) is 24.0. The lowest BCUT2D eigenvalue weighted by molar-refractivity contribution is -0.138. The van der Waals surface area contributed by atoms with Crippen LogP contribution in [0.4, 0.5) is 4.79 Å². The molecule has 3 heterocycles. The van der Waals surface area contributed by atoms with Crippen molar-refractivity contribution in [2.45, 2.75) is 52.2 Å². The molecule has 0 spiro atoms. The van der Waals surface area contributed by atoms with Crippen LogP contribution < -0.4 is 0 Å². The highest BCUT2D eigenvalue weighted by Gasteiger charge is 2.35. The lowest BCUT2D eigenvalue weighted by Crippen LogP contribution is -2.57. The van der Waals surface area contributed by atoms with Gasteiger partial charge in [-0.2, -0.15) is 0 Å². The molecule has 41 heavy (non-hydrogen) atoms. The van der Waals surface area contributed by atoms with E-state index in [1.165, 1.54) is 5.56 Å². The summed E-state index contributed by atoms with van der Waals surface area (Å²) in [4.78, 5) is 52.9. The molecule has 2 aliphatic rings. The SMILES string of the molecule is Cc1ccc(-c2cnc(Cc3cccc(C(=O)N4CCN(C5CCN(C(=O)OC(C)C)CC5)C(=O)C4)c3)nc2)cc1. The third-order valence-electron chi connectivity index (χ3n) is 7.67. The molecule has 2 aliphatic heterocycles. The maximum atomic E-state index is 13.3. The molecule has 2 saturated heterocycles. The van der Waals surface area contributed by atoms with Crippen molar-refractivity contribution in [2.75, 3.05) is 32.7 Å². The van der Waals surface area contributed by atoms with Gasteiger partial charge in [0.15, 0.2) is 0 Å². The Bertz CT molecular complexity index is 1380. The Morgan fingerprint density at radius 3 is 2.29 bits per heavy atom. The van der Waals surface area contributed by atoms with Crippen LogP contribution in [0.2, 0.25) is 0 Å². The predicted molar refractivity (Wildman–Crippen MR) is 155 cm³/mol. The summed E-state index contributed by atoms with van der Waals surface area (Å²) in [6.07, 6.45) is 5.13. The van der Waals surface area contributed by atoms with Crippen LogP contribution >= 0.6 is 0 Å². The number of ether oxygens (including phenoxy) is 1. The zero-order valence-corrected chi connectivity index (χ0v) is 24.0. The van der Waals surface area contributed by atoms with E-state index >= 15 is 0 Å². The van der Waals surface area contributed by atoms with Gasteiger partial charge in [0, 0.05) is 62.2 Å². The summed E-state index contributed by atoms with van der Waals surface area (Å²) in [5.74, 6) is 0.477. The largest absolute Gasteiger partial charge is 0.447 e. The number of benzene rings is 2. The van der Waals surface area contributed by atoms with Gasteiger partial charge in [-0.25, -0.2) is 14.8 Å². The molecular weight excluding hydrogens is 518 g/mol. The molecule has 0 radical (unpaired) electrons. The first-order valence-corrected chi connectivity index (χ1v) is 14.3. The summed E-state index contributed by atoms with van der Waals surface area (Å²) < 4.78 is 5.30. The van der Waals surface area contributed by atoms with Gasteiger partial charge in [0.2, 0.25) is 5.91 Å². The standard InChI is InChI=1S/C32H37N5O4/c1-22(2)41-32(40)35-13-11-28(12-14-35)37-16-15-36(21-30(37)38)31(39)26-6-4-5-24(17-26)18-29-33-19-27(20-34-29)25-9-7-23(3)8-10-25/h4-10,17,19-20,22,28H,11-16,18,21H2,1-3H3. The highest BCUT2D eigenvalue weighted by atomic mass is 16.6. The van der Waals surface area contributed by atoms with Crippen molar-refractivity contribution in [3.63, 3.8) is 0 Å². The maximum absolute atomic E-state index is 13.3. The third-order valence-corrected chi connectivity index (χ3v) is 7.67. The van der Waals surface area contributed by atoms with Crippen molar-refractivity contribution in [3.05, 3.63) is 83.4 Å². The summed E-state index contributed by atoms with van der Waals surface area (Å²) in [5.41, 5.74) is 4.72. The molecule has 3 amide bonds. The summed E-state index contributed by atoms with van der Waals surface area (Å²) in [6.45, 7) is 7.88. The van der Waals surface area contributed by atoms with Gasteiger partial charge in [0.25, 0.3) is 5.91 Å². The average Bonchev–Trinajstić information content (AvgIpc) is 2.97. The molecule has 0 bridgehead atoms. The van der Waals surface area contributed by atoms with Crippen LogP contribution in [0.5, 0.6) is 0 Å². The minimum Gasteiger partial charge on any atom is -0.447 e. The molecule has 0 atom stereocenters. The molecule has 1 aromatic heterocycles. The first-order chi connectivity index (χ1) is 19.8. The van der Waals surface area contributed by atoms with E-state index in [-0.39, 0.29) is 36.6 Å². The third kappa shape index (κ3) is 6.90. The highest BCUT2D eigenvalue weighted by Crippen LogP contribution is 2.22. The van der Waals surface area contributed by atoms with E-state index in [4.69, 9.17) is 4.74 Å². The number of hydrogen-bond donors (Lipinski definition) is 0. The lowest BCUT2D eigenvalue weighted by Gasteiger charge is -2.42. The van der Waals surface area contributed by atoms with E-state index in [9.17, 15) is 14.4 Å². The van der Waals surface area contributed by atoms with Crippen molar-refractivity contribution >= 4 is 17.9 Å². The van der Waals surface area contributed by atoms with E-state index in [2.05, 4.69) is 41.2 Å². The van der Waals surface area contributed by atoms with Crippen LogP contribution in [0.1, 0.15) is 54.0 Å². The van der Waals surface area contributed by atoms with E-state index in [1.807, 2.05) is 49.3 Å². The quantitative estimate of drug-likeness (QED) is 0.449. The molecule has 0 aliphatic carbocycles. The Balaban J connectivity index is 1.15. The summed E-state index contributed by atoms with van der Waals surface area (Å²) in [5, 5.41) is 0. The van der Waals surface area contributed by atoms with Crippen molar-refractivity contribution in [3.8, 4) is 11.1 Å². The fraction of sp³-hybridized carbons (Fsp3) is 0.406. The number of amides is 3. The number of rotatable bonds is 6. The van der Waals surface area contributed by atoms with E-state index in [0.717, 1.165) is 16.7 Å². The molecular formula is C32H37N5O4. The van der Waals surface area contributed by atoms with Gasteiger partial charge < -0.3 is 19.4 Å². The van der Waals surface area contributed by atoms with Crippen LogP contribution in [0.3, 0.4) is 0 Å². The Morgan fingerprint density at radius 2 is 1.63 bits per heavy atom. The smallest absolute Gasteiger partial charge is 0.410 e. The average molecular weight is 556 g/mol. The van der Waals surface area contributed by atoms with Gasteiger partial charge in [0.1, 0.15) is 12.4 Å². The molecule has 0 N–H and O–H groups in total. The fourth-order valence-electron chi connectivity index (χ4n) is 5.40. The number of nitrogens with zero attached hydrogens (tertiary/aromatic N) is 5. The van der Waals surface area contributed by atoms with E-state index in [0.29, 0.717) is 56.8 Å². The number of carbonyl (C=O) groups is 3. The maximum Gasteiger partial charge on any atom is 0.410 e. The number of aromatic nitrogens is 2. The van der Waals surface area contributed by atoms with Crippen LogP contribution in [-0.4, -0.2) is 87.4 Å². The second-order valence-corrected chi connectivity index (χ2v) is 11.1. The van der Waals surface area contributed by atoms with Crippen LogP contribution in [-0.2, 0) is 16.0 Å². The molecule has 214 valence electrons. The Kier molecular flexibility index (Phi) is 8.61. The lowest BCUT2D eigenvalue weighted by atomic mass is 10.0. The van der Waals surface area contributed by atoms with E-state index < -0.39 is 0 Å². The van der Waals surface area contributed by atoms with Gasteiger partial charge >= 0.3 is 6.09 Å². The number of hydrogen-bond acceptors (Lipinski definition) is 6. The molecule has 9 nitrogen and oxygen atoms in total. The summed E-state index contributed by atoms with van der Waals surface area (Å²) in [7, 11) is 0. The molecule has 0 unspecified atom stereocenters. The van der Waals surface area contributed by atoms with Gasteiger partial charge in [-0.05, 0) is 56.9 Å². The molecule has 2 fully saturated rings. The molecule has 5 rings (SSSR count). The topological polar surface area (TPSA) is 95.9 Å². The predicted octanol–water partition coefficient (Wildman–Crippen LogP) is 4.34. The van der Waals surface area contributed by atoms with Crippen molar-refractivity contribution < 1.29 is 19.1 Å². The van der Waals surface area contributed by atoms with Crippen molar-refractivity contribution in [1.29, 1.82) is 0 Å². The van der Waals surface area contributed by atoms with Crippen LogP contribution in [0, 0.1) is 6.92 Å². The number of piperazine rings is 1. The molecule has 3 aromatic rings. The number of aryl methyl sites for hydroxylation is 1. The van der Waals surface area contributed by atoms with Crippen LogP contribution in [0.25, 0.3) is 11.1 Å². The molecule has 2 aromatic carbocycles. The Morgan fingerprint density at radius 1 is 0.927 bits per heavy atom. The number of piperidine rings is 1. The van der Waals surface area contributed by atoms with Crippen LogP contribution in [0.15, 0.2) is 60.9 Å². The van der Waals surface area contributed by atoms with Gasteiger partial charge in [0.05, 0.1) is 6.10 Å².